The van der Waals surface area contributed by atoms with Crippen LogP contribution in [-0.2, 0) is 16.0 Å². The fourth-order valence-electron chi connectivity index (χ4n) is 4.80. The first kappa shape index (κ1) is 29.0. The summed E-state index contributed by atoms with van der Waals surface area (Å²) in [5.41, 5.74) is 4.61. The van der Waals surface area contributed by atoms with Gasteiger partial charge in [0.05, 0.1) is 6.04 Å². The number of fused-ring (bicyclic) bond motifs is 2. The van der Waals surface area contributed by atoms with Gasteiger partial charge >= 0.3 is 6.09 Å². The van der Waals surface area contributed by atoms with Gasteiger partial charge < -0.3 is 15.0 Å². The average molecular weight is 527 g/mol. The van der Waals surface area contributed by atoms with Crippen LogP contribution in [-0.4, -0.2) is 41.5 Å². The molecule has 1 saturated heterocycles. The maximum Gasteiger partial charge on any atom is 0.410 e. The maximum absolute atomic E-state index is 11.9. The number of ether oxygens (including phenoxy) is 1. The fraction of sp³-hybridized carbons (Fsp3) is 0.548. The first-order valence-electron chi connectivity index (χ1n) is 13.7. The third-order valence-electron chi connectivity index (χ3n) is 6.90. The molecule has 5 nitrogen and oxygen atoms in total. The molecule has 0 bridgehead atoms. The van der Waals surface area contributed by atoms with Gasteiger partial charge in [-0.15, -0.1) is 0 Å². The van der Waals surface area contributed by atoms with E-state index < -0.39 is 0 Å². The van der Waals surface area contributed by atoms with E-state index in [1.54, 1.807) is 0 Å². The van der Waals surface area contributed by atoms with E-state index in [9.17, 15) is 9.59 Å². The summed E-state index contributed by atoms with van der Waals surface area (Å²) in [6.45, 7) is 11.7. The highest BCUT2D eigenvalue weighted by molar-refractivity contribution is 6.30. The summed E-state index contributed by atoms with van der Waals surface area (Å²) in [6.07, 6.45) is 14.4. The number of halogens is 1. The van der Waals surface area contributed by atoms with Crippen molar-refractivity contribution in [3.05, 3.63) is 64.3 Å². The molecule has 0 spiro atoms. The van der Waals surface area contributed by atoms with Crippen molar-refractivity contribution in [1.82, 2.24) is 10.2 Å². The Morgan fingerprint density at radius 1 is 1.16 bits per heavy atom. The summed E-state index contributed by atoms with van der Waals surface area (Å²) >= 11 is 6.22. The zero-order valence-corrected chi connectivity index (χ0v) is 23.9. The van der Waals surface area contributed by atoms with Gasteiger partial charge in [-0.1, -0.05) is 43.7 Å². The molecule has 1 aromatic carbocycles. The number of dihydropyridines is 1. The molecule has 1 aromatic rings. The van der Waals surface area contributed by atoms with Gasteiger partial charge in [0.2, 0.25) is 0 Å². The number of carbonyl (C=O) groups is 2. The molecule has 1 atom stereocenters. The van der Waals surface area contributed by atoms with Crippen molar-refractivity contribution in [3.8, 4) is 0 Å². The van der Waals surface area contributed by atoms with E-state index in [0.29, 0.717) is 24.7 Å². The summed E-state index contributed by atoms with van der Waals surface area (Å²) in [5.74, 6) is 1.09. The Bertz CT molecular complexity index is 1040. The van der Waals surface area contributed by atoms with Crippen LogP contribution < -0.4 is 5.32 Å². The number of hydrogen-bond donors (Lipinski definition) is 1. The number of nitrogens with one attached hydrogen (secondary N) is 1. The van der Waals surface area contributed by atoms with Crippen LogP contribution >= 0.6 is 11.6 Å². The lowest BCUT2D eigenvalue weighted by Gasteiger charge is -2.32. The van der Waals surface area contributed by atoms with Gasteiger partial charge in [-0.3, -0.25) is 4.79 Å². The van der Waals surface area contributed by atoms with E-state index in [-0.39, 0.29) is 11.7 Å². The fourth-order valence-corrected chi connectivity index (χ4v) is 4.97. The Morgan fingerprint density at radius 2 is 1.89 bits per heavy atom. The first-order valence-corrected chi connectivity index (χ1v) is 14.0. The van der Waals surface area contributed by atoms with Gasteiger partial charge in [0.25, 0.3) is 0 Å². The highest BCUT2D eigenvalue weighted by Gasteiger charge is 2.25. The maximum atomic E-state index is 11.9. The van der Waals surface area contributed by atoms with Gasteiger partial charge in [-0.25, -0.2) is 4.79 Å². The molecule has 1 amide bonds. The molecule has 2 heterocycles. The van der Waals surface area contributed by atoms with Gasteiger partial charge in [-0.2, -0.15) is 0 Å². The summed E-state index contributed by atoms with van der Waals surface area (Å²) < 4.78 is 5.30. The van der Waals surface area contributed by atoms with Crippen LogP contribution in [0.1, 0.15) is 84.3 Å². The number of ketones is 1. The molecule has 202 valence electrons. The number of benzene rings is 1. The van der Waals surface area contributed by atoms with E-state index in [1.807, 2.05) is 57.0 Å². The Kier molecular flexibility index (Phi) is 10.5. The third-order valence-corrected chi connectivity index (χ3v) is 7.14. The number of rotatable bonds is 5. The minimum absolute atomic E-state index is 0.163. The van der Waals surface area contributed by atoms with Crippen LogP contribution in [0.15, 0.2) is 48.2 Å². The van der Waals surface area contributed by atoms with Crippen molar-refractivity contribution in [1.29, 1.82) is 0 Å². The molecular formula is C31H43ClN2O3. The van der Waals surface area contributed by atoms with Crippen LogP contribution in [0.2, 0.25) is 5.02 Å². The number of amides is 1. The summed E-state index contributed by atoms with van der Waals surface area (Å²) in [7, 11) is 0. The molecule has 6 heteroatoms. The molecule has 37 heavy (non-hydrogen) atoms. The van der Waals surface area contributed by atoms with Crippen LogP contribution in [0, 0.1) is 5.92 Å². The van der Waals surface area contributed by atoms with Crippen LogP contribution in [0.3, 0.4) is 0 Å². The van der Waals surface area contributed by atoms with E-state index in [4.69, 9.17) is 16.3 Å². The van der Waals surface area contributed by atoms with E-state index >= 15 is 0 Å². The Hall–Kier alpha value is -2.53. The highest BCUT2D eigenvalue weighted by Crippen LogP contribution is 2.34. The SMILES string of the molecule is CC1CCN(C(=O)OC(C)(C)C)CC1.CCCC(=O)CCC1=CC2=CC=CNC2Cc2ccc(Cl)cc21. The number of likely N-dealkylation sites (tertiary alicyclic amines) is 1. The molecule has 0 aromatic heterocycles. The van der Waals surface area contributed by atoms with Crippen molar-refractivity contribution >= 4 is 29.1 Å². The normalized spacial score (nSPS) is 19.2. The Morgan fingerprint density at radius 3 is 2.57 bits per heavy atom. The second-order valence-electron chi connectivity index (χ2n) is 11.4. The molecule has 3 aliphatic rings. The smallest absolute Gasteiger partial charge is 0.410 e. The first-order chi connectivity index (χ1) is 17.6. The summed E-state index contributed by atoms with van der Waals surface area (Å²) in [5, 5.41) is 4.18. The third kappa shape index (κ3) is 9.07. The second-order valence-corrected chi connectivity index (χ2v) is 11.8. The number of hydrogen-bond acceptors (Lipinski definition) is 4. The minimum atomic E-state index is -0.375. The van der Waals surface area contributed by atoms with Crippen molar-refractivity contribution in [2.45, 2.75) is 91.2 Å². The van der Waals surface area contributed by atoms with Crippen LogP contribution in [0.4, 0.5) is 4.79 Å². The second kappa shape index (κ2) is 13.3. The molecular weight excluding hydrogens is 484 g/mol. The molecule has 1 aliphatic carbocycles. The zero-order valence-electron chi connectivity index (χ0n) is 23.1. The molecule has 1 unspecified atom stereocenters. The van der Waals surface area contributed by atoms with Gasteiger partial charge in [0.1, 0.15) is 11.4 Å². The molecule has 1 N–H and O–H groups in total. The average Bonchev–Trinajstić information content (AvgIpc) is 2.99. The van der Waals surface area contributed by atoms with Crippen LogP contribution in [0.25, 0.3) is 5.57 Å². The number of piperidine rings is 1. The monoisotopic (exact) mass is 526 g/mol. The quantitative estimate of drug-likeness (QED) is 0.431. The van der Waals surface area contributed by atoms with Gasteiger partial charge in [0, 0.05) is 31.0 Å². The summed E-state index contributed by atoms with van der Waals surface area (Å²) in [4.78, 5) is 25.4. The van der Waals surface area contributed by atoms with Gasteiger partial charge in [-0.05, 0) is 105 Å². The predicted molar refractivity (Wildman–Crippen MR) is 153 cm³/mol. The standard InChI is InChI=1S/C20H22ClNO.C11H21NO2/c1-2-4-18(23)9-7-14-11-16-5-3-10-22-20(16)12-15-6-8-17(21)13-19(14)15;1-9-5-7-12(8-6-9)10(13)14-11(2,3)4/h3,5-6,8,10-11,13,20,22H,2,4,7,9,12H2,1H3;9H,5-8H2,1-4H3. The van der Waals surface area contributed by atoms with Gasteiger partial charge in [0.15, 0.2) is 0 Å². The number of Topliss-reactive ketones (excluding diaryl/α,β-unsaturated/α-hetero) is 1. The molecule has 2 aliphatic heterocycles. The van der Waals surface area contributed by atoms with Crippen molar-refractivity contribution in [2.24, 2.45) is 5.92 Å². The lowest BCUT2D eigenvalue weighted by molar-refractivity contribution is -0.119. The number of carbonyl (C=O) groups excluding carboxylic acids is 2. The Labute approximate surface area is 228 Å². The predicted octanol–water partition coefficient (Wildman–Crippen LogP) is 7.49. The number of nitrogens with zero attached hydrogens (tertiary/aromatic N) is 1. The lowest BCUT2D eigenvalue weighted by Crippen LogP contribution is -2.41. The molecule has 4 rings (SSSR count). The topological polar surface area (TPSA) is 58.6 Å². The van der Waals surface area contributed by atoms with E-state index in [0.717, 1.165) is 56.1 Å². The molecule has 1 fully saturated rings. The zero-order chi connectivity index (χ0) is 27.0. The van der Waals surface area contributed by atoms with Crippen molar-refractivity contribution < 1.29 is 14.3 Å². The van der Waals surface area contributed by atoms with Crippen molar-refractivity contribution in [2.75, 3.05) is 13.1 Å². The van der Waals surface area contributed by atoms with E-state index in [1.165, 1.54) is 22.3 Å². The van der Waals surface area contributed by atoms with Crippen molar-refractivity contribution in [3.63, 3.8) is 0 Å². The molecule has 0 saturated carbocycles. The molecule has 0 radical (unpaired) electrons. The Balaban J connectivity index is 0.000000233. The summed E-state index contributed by atoms with van der Waals surface area (Å²) in [6, 6.07) is 6.40. The number of allylic oxidation sites excluding steroid dienone is 3. The largest absolute Gasteiger partial charge is 0.444 e. The van der Waals surface area contributed by atoms with Crippen LogP contribution in [0.5, 0.6) is 0 Å². The minimum Gasteiger partial charge on any atom is -0.444 e. The highest BCUT2D eigenvalue weighted by atomic mass is 35.5. The lowest BCUT2D eigenvalue weighted by atomic mass is 9.94. The van der Waals surface area contributed by atoms with E-state index in [2.05, 4.69) is 30.5 Å².